The van der Waals surface area contributed by atoms with Crippen LogP contribution in [0.2, 0.25) is 0 Å². The van der Waals surface area contributed by atoms with Gasteiger partial charge in [-0.05, 0) is 68.5 Å². The summed E-state index contributed by atoms with van der Waals surface area (Å²) in [6, 6.07) is 14.7. The second kappa shape index (κ2) is 14.3. The monoisotopic (exact) mass is 458 g/mol. The van der Waals surface area contributed by atoms with Crippen molar-refractivity contribution in [2.45, 2.75) is 65.0 Å². The van der Waals surface area contributed by atoms with Crippen LogP contribution < -0.4 is 20.9 Å². The number of carbonyl (C=O) groups excluding carboxylic acids is 1. The zero-order chi connectivity index (χ0) is 24.9. The summed E-state index contributed by atoms with van der Waals surface area (Å²) in [6.45, 7) is 8.55. The number of benzene rings is 2. The number of nitrogens with two attached hydrogens (primary N) is 2. The highest BCUT2D eigenvalue weighted by Crippen LogP contribution is 2.16. The molecule has 0 fully saturated rings. The molecule has 0 saturated carbocycles. The summed E-state index contributed by atoms with van der Waals surface area (Å²) < 4.78 is 10.9. The van der Waals surface area contributed by atoms with Gasteiger partial charge in [0.1, 0.15) is 22.8 Å². The number of Topliss-reactive ketones (excluding diaryl/α,β-unsaturated/α-hetero) is 1. The lowest BCUT2D eigenvalue weighted by Crippen LogP contribution is -2.46. The molecule has 0 amide bonds. The molecule has 5 N–H and O–H groups in total. The van der Waals surface area contributed by atoms with Gasteiger partial charge in [0.15, 0.2) is 0 Å². The van der Waals surface area contributed by atoms with Crippen LogP contribution in [0.3, 0.4) is 0 Å². The number of hydrogen-bond acceptors (Lipinski definition) is 6. The van der Waals surface area contributed by atoms with E-state index in [0.717, 1.165) is 42.1 Å². The molecule has 0 aliphatic rings. The third kappa shape index (κ3) is 11.0. The fourth-order valence-electron chi connectivity index (χ4n) is 2.76. The lowest BCUT2D eigenvalue weighted by molar-refractivity contribution is -0.142. The third-order valence-corrected chi connectivity index (χ3v) is 4.83. The Labute approximate surface area is 197 Å². The van der Waals surface area contributed by atoms with Gasteiger partial charge in [-0.2, -0.15) is 0 Å². The van der Waals surface area contributed by atoms with Gasteiger partial charge in [0.25, 0.3) is 0 Å². The molecule has 2 aromatic carbocycles. The second-order valence-electron chi connectivity index (χ2n) is 8.31. The molecule has 7 nitrogen and oxygen atoms in total. The summed E-state index contributed by atoms with van der Waals surface area (Å²) in [7, 11) is 0. The van der Waals surface area contributed by atoms with E-state index < -0.39 is 17.6 Å². The molecule has 0 spiro atoms. The van der Waals surface area contributed by atoms with Crippen molar-refractivity contribution >= 4 is 11.8 Å². The van der Waals surface area contributed by atoms with Crippen molar-refractivity contribution in [2.75, 3.05) is 13.2 Å². The molecule has 0 bridgehead atoms. The van der Waals surface area contributed by atoms with Crippen LogP contribution in [0.15, 0.2) is 48.5 Å². The maximum atomic E-state index is 11.0. The summed E-state index contributed by atoms with van der Waals surface area (Å²) in [5, 5.41) is 8.92. The summed E-state index contributed by atoms with van der Waals surface area (Å²) >= 11 is 0. The summed E-state index contributed by atoms with van der Waals surface area (Å²) in [5.41, 5.74) is 12.1. The average Bonchev–Trinajstić information content (AvgIpc) is 2.78. The zero-order valence-electron chi connectivity index (χ0n) is 20.2. The highest BCUT2D eigenvalue weighted by molar-refractivity contribution is 5.81. The minimum absolute atomic E-state index is 0.0197. The van der Waals surface area contributed by atoms with Crippen molar-refractivity contribution < 1.29 is 24.2 Å². The van der Waals surface area contributed by atoms with E-state index in [9.17, 15) is 9.59 Å². The smallest absolute Gasteiger partial charge is 0.323 e. The molecule has 0 aliphatic heterocycles. The van der Waals surface area contributed by atoms with Crippen molar-refractivity contribution in [1.29, 1.82) is 0 Å². The van der Waals surface area contributed by atoms with Gasteiger partial charge in [-0.3, -0.25) is 9.59 Å². The Morgan fingerprint density at radius 3 is 1.70 bits per heavy atom. The first-order chi connectivity index (χ1) is 15.6. The van der Waals surface area contributed by atoms with Crippen molar-refractivity contribution in [1.82, 2.24) is 0 Å². The Kier molecular flexibility index (Phi) is 12.2. The second-order valence-corrected chi connectivity index (χ2v) is 8.31. The molecule has 2 unspecified atom stereocenters. The molecule has 0 aromatic heterocycles. The molecule has 33 heavy (non-hydrogen) atoms. The fourth-order valence-corrected chi connectivity index (χ4v) is 2.76. The topological polar surface area (TPSA) is 125 Å². The minimum Gasteiger partial charge on any atom is -0.494 e. The van der Waals surface area contributed by atoms with Gasteiger partial charge in [-0.25, -0.2) is 0 Å². The van der Waals surface area contributed by atoms with Crippen LogP contribution in [0.4, 0.5) is 0 Å². The first kappa shape index (κ1) is 28.1. The normalized spacial score (nSPS) is 13.2. The van der Waals surface area contributed by atoms with E-state index >= 15 is 0 Å². The SMILES string of the molecule is CCCOc1ccc(CC(C)(N)C(=O)O)cc1.CCCOc1ccc(CC(N)C(C)=O)cc1. The summed E-state index contributed by atoms with van der Waals surface area (Å²) in [6.07, 6.45) is 2.85. The first-order valence-electron chi connectivity index (χ1n) is 11.3. The highest BCUT2D eigenvalue weighted by atomic mass is 16.5. The molecule has 0 saturated heterocycles. The summed E-state index contributed by atoms with van der Waals surface area (Å²) in [5.74, 6) is 0.682. The van der Waals surface area contributed by atoms with Gasteiger partial charge in [-0.15, -0.1) is 0 Å². The average molecular weight is 459 g/mol. The molecule has 0 aliphatic carbocycles. The number of carboxylic acid groups (broad SMARTS) is 1. The standard InChI is InChI=1S/C13H19NO3.C13H19NO2/c1-3-8-17-11-6-4-10(5-7-11)9-13(2,14)12(15)16;1-3-8-16-12-6-4-11(5-7-12)9-13(14)10(2)15/h4-7H,3,8-9,14H2,1-2H3,(H,15,16);4-7,13H,3,8-9,14H2,1-2H3. The highest BCUT2D eigenvalue weighted by Gasteiger charge is 2.27. The van der Waals surface area contributed by atoms with E-state index in [4.69, 9.17) is 26.0 Å². The minimum atomic E-state index is -1.23. The predicted octanol–water partition coefficient (Wildman–Crippen LogP) is 3.75. The Balaban J connectivity index is 0.000000331. The largest absolute Gasteiger partial charge is 0.494 e. The van der Waals surface area contributed by atoms with Crippen LogP contribution in [0.1, 0.15) is 51.7 Å². The molecule has 2 atom stereocenters. The molecule has 2 aromatic rings. The van der Waals surface area contributed by atoms with E-state index in [1.165, 1.54) is 13.8 Å². The van der Waals surface area contributed by atoms with Gasteiger partial charge < -0.3 is 26.0 Å². The third-order valence-electron chi connectivity index (χ3n) is 4.83. The molecular weight excluding hydrogens is 420 g/mol. The molecule has 2 rings (SSSR count). The summed E-state index contributed by atoms with van der Waals surface area (Å²) in [4.78, 5) is 21.9. The van der Waals surface area contributed by atoms with E-state index in [-0.39, 0.29) is 5.78 Å². The molecule has 0 heterocycles. The fraction of sp³-hybridized carbons (Fsp3) is 0.462. The van der Waals surface area contributed by atoms with Crippen LogP contribution in [0.25, 0.3) is 0 Å². The number of rotatable bonds is 12. The van der Waals surface area contributed by atoms with Crippen molar-refractivity contribution in [3.63, 3.8) is 0 Å². The van der Waals surface area contributed by atoms with E-state index in [0.29, 0.717) is 19.4 Å². The zero-order valence-corrected chi connectivity index (χ0v) is 20.2. The van der Waals surface area contributed by atoms with E-state index in [2.05, 4.69) is 6.92 Å². The van der Waals surface area contributed by atoms with E-state index in [1.807, 2.05) is 55.5 Å². The number of carbonyl (C=O) groups is 2. The Morgan fingerprint density at radius 1 is 0.909 bits per heavy atom. The maximum absolute atomic E-state index is 11.0. The Hall–Kier alpha value is -2.90. The lowest BCUT2D eigenvalue weighted by Gasteiger charge is -2.19. The Morgan fingerprint density at radius 2 is 1.33 bits per heavy atom. The van der Waals surface area contributed by atoms with Gasteiger partial charge in [0.05, 0.1) is 19.3 Å². The quantitative estimate of drug-likeness (QED) is 0.442. The molecule has 0 radical (unpaired) electrons. The number of hydrogen-bond donors (Lipinski definition) is 3. The van der Waals surface area contributed by atoms with Crippen LogP contribution in [0.5, 0.6) is 11.5 Å². The maximum Gasteiger partial charge on any atom is 0.323 e. The van der Waals surface area contributed by atoms with Crippen LogP contribution in [-0.4, -0.2) is 41.7 Å². The van der Waals surface area contributed by atoms with Crippen LogP contribution >= 0.6 is 0 Å². The van der Waals surface area contributed by atoms with Crippen LogP contribution in [-0.2, 0) is 22.4 Å². The lowest BCUT2D eigenvalue weighted by atomic mass is 9.94. The number of ketones is 1. The van der Waals surface area contributed by atoms with Gasteiger partial charge in [0.2, 0.25) is 0 Å². The molecular formula is C26H38N2O5. The predicted molar refractivity (Wildman–Crippen MR) is 131 cm³/mol. The first-order valence-corrected chi connectivity index (χ1v) is 11.3. The number of aliphatic carboxylic acids is 1. The van der Waals surface area contributed by atoms with E-state index in [1.54, 1.807) is 0 Å². The van der Waals surface area contributed by atoms with Crippen molar-refractivity contribution in [2.24, 2.45) is 11.5 Å². The van der Waals surface area contributed by atoms with Crippen molar-refractivity contribution in [3.05, 3.63) is 59.7 Å². The van der Waals surface area contributed by atoms with Gasteiger partial charge in [0, 0.05) is 6.42 Å². The van der Waals surface area contributed by atoms with Crippen LogP contribution in [0, 0.1) is 0 Å². The Bertz CT molecular complexity index is 848. The molecule has 182 valence electrons. The number of carboxylic acids is 1. The van der Waals surface area contributed by atoms with Gasteiger partial charge in [-0.1, -0.05) is 38.1 Å². The molecule has 7 heteroatoms. The van der Waals surface area contributed by atoms with Gasteiger partial charge >= 0.3 is 5.97 Å². The number of ether oxygens (including phenoxy) is 2. The van der Waals surface area contributed by atoms with Crippen molar-refractivity contribution in [3.8, 4) is 11.5 Å².